The van der Waals surface area contributed by atoms with Gasteiger partial charge in [-0.05, 0) is 128 Å². The fraction of sp³-hybridized carbons (Fsp3) is 0.892. The van der Waals surface area contributed by atoms with Crippen molar-refractivity contribution in [1.82, 2.24) is 4.90 Å². The van der Waals surface area contributed by atoms with E-state index in [1.807, 2.05) is 0 Å². The van der Waals surface area contributed by atoms with E-state index in [1.54, 1.807) is 19.0 Å². The first-order chi connectivity index (χ1) is 38.7. The van der Waals surface area contributed by atoms with E-state index in [2.05, 4.69) is 41.5 Å². The van der Waals surface area contributed by atoms with Gasteiger partial charge in [0.05, 0.1) is 58.9 Å². The van der Waals surface area contributed by atoms with E-state index in [-0.39, 0.29) is 70.5 Å². The number of hydrogen-bond donors (Lipinski definition) is 0. The molecular formula is C65H119NO14. The first kappa shape index (κ1) is 76.2. The number of hydrogen-bond acceptors (Lipinski definition) is 15. The molecule has 0 aromatic carbocycles. The quantitative estimate of drug-likeness (QED) is 0.0318. The number of unbranched alkanes of at least 4 members (excludes halogenated alkanes) is 18. The predicted molar refractivity (Wildman–Crippen MR) is 318 cm³/mol. The summed E-state index contributed by atoms with van der Waals surface area (Å²) >= 11 is 0. The van der Waals surface area contributed by atoms with Crippen molar-refractivity contribution in [1.29, 1.82) is 0 Å². The van der Waals surface area contributed by atoms with E-state index in [9.17, 15) is 33.6 Å². The molecule has 0 atom stereocenters. The van der Waals surface area contributed by atoms with Crippen LogP contribution in [0.25, 0.3) is 0 Å². The third-order valence-corrected chi connectivity index (χ3v) is 14.9. The molecule has 0 bridgehead atoms. The van der Waals surface area contributed by atoms with Crippen LogP contribution in [0.2, 0.25) is 0 Å². The zero-order chi connectivity index (χ0) is 59.3. The SMILES string of the molecule is CCCCCC(CCCCC)CC(=O)OCCCCCOC(=O)CC(CC(=O)OCCCCCOC(=O)CC(CCCCC)CCCCC)(OC(=O)CCN(C)C)C(=O)OCCCCCOC(=O)CC(CCCCC)CCCCC. The number of rotatable bonds is 57. The second kappa shape index (κ2) is 53.3. The van der Waals surface area contributed by atoms with E-state index >= 15 is 0 Å². The standard InChI is InChI=1S/C65H119NO14/c1-9-15-24-36-55(37-25-16-10-2)50-59(68)74-44-30-21-33-47-77-62(71)53-65(80-58(67)42-43-66(7)8,64(73)79-49-35-23-32-46-76-61(70)52-57(40-28-19-13-5)41-29-20-14-6)54-63(72)78-48-34-22-31-45-75-60(69)51-56(38-26-17-11-3)39-27-18-12-4/h55-57H,9-54H2,1-8H3. The van der Waals surface area contributed by atoms with Crippen molar-refractivity contribution in [2.45, 2.75) is 298 Å². The van der Waals surface area contributed by atoms with Crippen LogP contribution in [0.4, 0.5) is 0 Å². The lowest BCUT2D eigenvalue weighted by atomic mass is 9.92. The van der Waals surface area contributed by atoms with Crippen molar-refractivity contribution in [2.75, 3.05) is 60.3 Å². The van der Waals surface area contributed by atoms with Crippen LogP contribution < -0.4 is 0 Å². The second-order valence-corrected chi connectivity index (χ2v) is 23.0. The lowest BCUT2D eigenvalue weighted by molar-refractivity contribution is -0.191. The molecule has 0 aromatic heterocycles. The first-order valence-corrected chi connectivity index (χ1v) is 32.5. The van der Waals surface area contributed by atoms with Crippen LogP contribution in [0.1, 0.15) is 292 Å². The summed E-state index contributed by atoms with van der Waals surface area (Å²) in [5.74, 6) is -3.15. The van der Waals surface area contributed by atoms with Gasteiger partial charge in [0.25, 0.3) is 0 Å². The molecule has 0 unspecified atom stereocenters. The highest BCUT2D eigenvalue weighted by atomic mass is 16.6. The Kier molecular flexibility index (Phi) is 50.8. The van der Waals surface area contributed by atoms with Crippen molar-refractivity contribution >= 4 is 41.8 Å². The minimum absolute atomic E-state index is 0.00931. The van der Waals surface area contributed by atoms with Gasteiger partial charge in [0.15, 0.2) is 0 Å². The van der Waals surface area contributed by atoms with Gasteiger partial charge in [0.1, 0.15) is 0 Å². The summed E-state index contributed by atoms with van der Waals surface area (Å²) in [5.41, 5.74) is -2.36. The van der Waals surface area contributed by atoms with Crippen molar-refractivity contribution in [3.63, 3.8) is 0 Å². The highest BCUT2D eigenvalue weighted by Gasteiger charge is 2.49. The molecule has 0 heterocycles. The third kappa shape index (κ3) is 44.8. The molecule has 0 rings (SSSR count). The molecule has 0 aliphatic heterocycles. The molecule has 468 valence electrons. The maximum atomic E-state index is 14.2. The number of ether oxygens (including phenoxy) is 7. The Morgan fingerprint density at radius 2 is 0.588 bits per heavy atom. The maximum absolute atomic E-state index is 14.2. The molecule has 0 aliphatic rings. The van der Waals surface area contributed by atoms with E-state index in [1.165, 1.54) is 0 Å². The molecule has 0 spiro atoms. The summed E-state index contributed by atoms with van der Waals surface area (Å²) in [6.45, 7) is 14.0. The summed E-state index contributed by atoms with van der Waals surface area (Å²) in [5, 5.41) is 0. The zero-order valence-electron chi connectivity index (χ0n) is 52.4. The average molecular weight is 1140 g/mol. The van der Waals surface area contributed by atoms with Gasteiger partial charge < -0.3 is 38.1 Å². The van der Waals surface area contributed by atoms with E-state index in [4.69, 9.17) is 33.2 Å². The maximum Gasteiger partial charge on any atom is 0.351 e. The summed E-state index contributed by atoms with van der Waals surface area (Å²) in [6.07, 6.45) is 31.0. The Labute approximate surface area is 487 Å². The second-order valence-electron chi connectivity index (χ2n) is 23.0. The monoisotopic (exact) mass is 1140 g/mol. The van der Waals surface area contributed by atoms with Crippen LogP contribution in [-0.2, 0) is 66.7 Å². The first-order valence-electron chi connectivity index (χ1n) is 32.5. The number of esters is 7. The van der Waals surface area contributed by atoms with E-state index in [0.717, 1.165) is 154 Å². The van der Waals surface area contributed by atoms with Crippen LogP contribution in [0, 0.1) is 17.8 Å². The molecule has 0 amide bonds. The summed E-state index contributed by atoms with van der Waals surface area (Å²) in [4.78, 5) is 94.9. The lowest BCUT2D eigenvalue weighted by Gasteiger charge is -2.30. The van der Waals surface area contributed by atoms with Crippen LogP contribution in [0.15, 0.2) is 0 Å². The molecule has 15 nitrogen and oxygen atoms in total. The van der Waals surface area contributed by atoms with Crippen molar-refractivity contribution in [3.8, 4) is 0 Å². The molecule has 0 fully saturated rings. The molecule has 0 N–H and O–H groups in total. The fourth-order valence-corrected chi connectivity index (χ4v) is 9.87. The van der Waals surface area contributed by atoms with E-state index in [0.29, 0.717) is 94.8 Å². The van der Waals surface area contributed by atoms with Crippen LogP contribution in [0.3, 0.4) is 0 Å². The molecule has 0 saturated carbocycles. The van der Waals surface area contributed by atoms with Gasteiger partial charge in [-0.2, -0.15) is 0 Å². The number of carbonyl (C=O) groups excluding carboxylic acids is 7. The number of carbonyl (C=O) groups is 7. The molecule has 0 aromatic rings. The minimum atomic E-state index is -2.36. The van der Waals surface area contributed by atoms with Crippen LogP contribution >= 0.6 is 0 Å². The van der Waals surface area contributed by atoms with Crippen molar-refractivity contribution < 1.29 is 66.7 Å². The van der Waals surface area contributed by atoms with Gasteiger partial charge in [0.2, 0.25) is 5.60 Å². The molecular weight excluding hydrogens is 1020 g/mol. The zero-order valence-corrected chi connectivity index (χ0v) is 52.4. The minimum Gasteiger partial charge on any atom is -0.466 e. The number of nitrogens with zero attached hydrogens (tertiary/aromatic N) is 1. The largest absolute Gasteiger partial charge is 0.466 e. The molecule has 80 heavy (non-hydrogen) atoms. The van der Waals surface area contributed by atoms with Gasteiger partial charge in [-0.1, -0.05) is 157 Å². The summed E-state index contributed by atoms with van der Waals surface area (Å²) < 4.78 is 39.5. The lowest BCUT2D eigenvalue weighted by Crippen LogP contribution is -2.49. The van der Waals surface area contributed by atoms with Gasteiger partial charge in [-0.25, -0.2) is 4.79 Å². The Morgan fingerprint density at radius 3 is 0.850 bits per heavy atom. The predicted octanol–water partition coefficient (Wildman–Crippen LogP) is 15.3. The molecule has 15 heteroatoms. The molecule has 0 radical (unpaired) electrons. The third-order valence-electron chi connectivity index (χ3n) is 14.9. The van der Waals surface area contributed by atoms with Crippen LogP contribution in [-0.4, -0.2) is 113 Å². The van der Waals surface area contributed by atoms with Gasteiger partial charge in [-0.15, -0.1) is 0 Å². The smallest absolute Gasteiger partial charge is 0.351 e. The Bertz CT molecular complexity index is 1470. The highest BCUT2D eigenvalue weighted by molar-refractivity contribution is 5.92. The Hall–Kier alpha value is -3.75. The molecule has 0 saturated heterocycles. The Morgan fingerprint density at radius 1 is 0.325 bits per heavy atom. The topological polar surface area (TPSA) is 187 Å². The van der Waals surface area contributed by atoms with Gasteiger partial charge >= 0.3 is 41.8 Å². The fourth-order valence-electron chi connectivity index (χ4n) is 9.87. The van der Waals surface area contributed by atoms with Gasteiger partial charge in [-0.3, -0.25) is 28.8 Å². The summed E-state index contributed by atoms with van der Waals surface area (Å²) in [6, 6.07) is 0. The molecule has 0 aliphatic carbocycles. The van der Waals surface area contributed by atoms with Crippen LogP contribution in [0.5, 0.6) is 0 Å². The average Bonchev–Trinajstić information content (AvgIpc) is 3.42. The van der Waals surface area contributed by atoms with Crippen molar-refractivity contribution in [2.24, 2.45) is 17.8 Å². The highest BCUT2D eigenvalue weighted by Crippen LogP contribution is 2.28. The summed E-state index contributed by atoms with van der Waals surface area (Å²) in [7, 11) is 3.55. The van der Waals surface area contributed by atoms with Gasteiger partial charge in [0, 0.05) is 25.8 Å². The van der Waals surface area contributed by atoms with Crippen molar-refractivity contribution in [3.05, 3.63) is 0 Å². The van der Waals surface area contributed by atoms with E-state index < -0.39 is 42.3 Å². The Balaban J connectivity index is 5.76. The normalized spacial score (nSPS) is 11.6.